The van der Waals surface area contributed by atoms with Gasteiger partial charge in [-0.25, -0.2) is 4.98 Å². The number of imidazole rings is 1. The quantitative estimate of drug-likeness (QED) is 0.763. The van der Waals surface area contributed by atoms with Crippen molar-refractivity contribution in [3.05, 3.63) is 42.4 Å². The summed E-state index contributed by atoms with van der Waals surface area (Å²) in [5.74, 6) is 1.34. The average molecular weight is 341 g/mol. The zero-order valence-electron chi connectivity index (χ0n) is 13.8. The predicted octanol–water partition coefficient (Wildman–Crippen LogP) is 3.01. The Balaban J connectivity index is 1.62. The zero-order valence-corrected chi connectivity index (χ0v) is 14.6. The molecular formula is C16H19N7S. The maximum Gasteiger partial charge on any atom is 0.157 e. The Labute approximate surface area is 144 Å². The van der Waals surface area contributed by atoms with Crippen molar-refractivity contribution in [3.63, 3.8) is 0 Å². The second-order valence-electron chi connectivity index (χ2n) is 6.10. The van der Waals surface area contributed by atoms with Crippen LogP contribution in [0.2, 0.25) is 0 Å². The molecule has 4 heterocycles. The van der Waals surface area contributed by atoms with Crippen LogP contribution in [-0.2, 0) is 7.05 Å². The lowest BCUT2D eigenvalue weighted by Gasteiger charge is -2.23. The summed E-state index contributed by atoms with van der Waals surface area (Å²) in [7, 11) is 1.91. The third-order valence-corrected chi connectivity index (χ3v) is 4.71. The van der Waals surface area contributed by atoms with E-state index in [0.29, 0.717) is 5.92 Å². The molecular weight excluding hydrogens is 322 g/mol. The van der Waals surface area contributed by atoms with Gasteiger partial charge in [-0.3, -0.25) is 9.25 Å². The fraction of sp³-hybridized carbons (Fsp3) is 0.312. The number of nitrogens with one attached hydrogen (secondary N) is 2. The van der Waals surface area contributed by atoms with Crippen molar-refractivity contribution >= 4 is 22.7 Å². The minimum atomic E-state index is -0.0964. The maximum absolute atomic E-state index is 4.60. The van der Waals surface area contributed by atoms with E-state index in [1.165, 1.54) is 11.5 Å². The predicted molar refractivity (Wildman–Crippen MR) is 95.5 cm³/mol. The van der Waals surface area contributed by atoms with Crippen LogP contribution in [0, 0.1) is 0 Å². The Morgan fingerprint density at radius 2 is 2.21 bits per heavy atom. The number of hydrogen-bond acceptors (Lipinski definition) is 6. The third-order valence-electron chi connectivity index (χ3n) is 3.98. The lowest BCUT2D eigenvalue weighted by atomic mass is 10.1. The first kappa shape index (κ1) is 14.9. The van der Waals surface area contributed by atoms with Gasteiger partial charge in [0.25, 0.3) is 0 Å². The van der Waals surface area contributed by atoms with E-state index in [4.69, 9.17) is 0 Å². The Kier molecular flexibility index (Phi) is 3.61. The molecule has 124 valence electrons. The van der Waals surface area contributed by atoms with Crippen molar-refractivity contribution in [2.24, 2.45) is 7.05 Å². The molecule has 0 saturated carbocycles. The van der Waals surface area contributed by atoms with E-state index in [-0.39, 0.29) is 6.17 Å². The molecule has 0 aliphatic carbocycles. The number of nitrogens with zero attached hydrogens (tertiary/aromatic N) is 5. The fourth-order valence-electron chi connectivity index (χ4n) is 2.68. The number of anilines is 1. The summed E-state index contributed by atoms with van der Waals surface area (Å²) < 4.78 is 8.36. The lowest BCUT2D eigenvalue weighted by Crippen LogP contribution is -2.29. The summed E-state index contributed by atoms with van der Waals surface area (Å²) in [5, 5.41) is 12.1. The molecule has 4 rings (SSSR count). The topological polar surface area (TPSA) is 72.6 Å². The molecule has 0 saturated heterocycles. The number of aromatic nitrogens is 5. The minimum Gasteiger partial charge on any atom is -0.364 e. The molecule has 1 atom stereocenters. The van der Waals surface area contributed by atoms with Gasteiger partial charge in [0.05, 0.1) is 23.8 Å². The lowest BCUT2D eigenvalue weighted by molar-refractivity contribution is 0.632. The molecule has 7 nitrogen and oxygen atoms in total. The van der Waals surface area contributed by atoms with Gasteiger partial charge in [0.2, 0.25) is 0 Å². The molecule has 3 aromatic rings. The van der Waals surface area contributed by atoms with E-state index < -0.39 is 0 Å². The van der Waals surface area contributed by atoms with Crippen LogP contribution in [0.3, 0.4) is 0 Å². The van der Waals surface area contributed by atoms with Crippen LogP contribution in [0.15, 0.2) is 30.9 Å². The Morgan fingerprint density at radius 3 is 2.92 bits per heavy atom. The maximum atomic E-state index is 4.60. The highest BCUT2D eigenvalue weighted by Crippen LogP contribution is 2.29. The van der Waals surface area contributed by atoms with Crippen LogP contribution < -0.4 is 10.6 Å². The molecule has 1 aliphatic heterocycles. The molecule has 0 aromatic carbocycles. The standard InChI is InChI=1S/C16H19N7S/c1-10(2)12-6-14(24-21-12)20-15-16-18-8-13(23(16)5-4-17-15)11-7-19-22(3)9-11/h4-10,15,17,20H,1-3H3. The van der Waals surface area contributed by atoms with Crippen LogP contribution >= 0.6 is 11.5 Å². The van der Waals surface area contributed by atoms with E-state index in [0.717, 1.165) is 27.8 Å². The van der Waals surface area contributed by atoms with Crippen LogP contribution in [0.1, 0.15) is 37.4 Å². The first-order chi connectivity index (χ1) is 11.6. The van der Waals surface area contributed by atoms with Crippen LogP contribution in [0.5, 0.6) is 0 Å². The number of rotatable bonds is 4. The van der Waals surface area contributed by atoms with Crippen molar-refractivity contribution in [1.29, 1.82) is 0 Å². The Bertz CT molecular complexity index is 886. The van der Waals surface area contributed by atoms with Gasteiger partial charge >= 0.3 is 0 Å². The van der Waals surface area contributed by atoms with Gasteiger partial charge in [0, 0.05) is 31.2 Å². The SMILES string of the molecule is CC(C)c1cc(NC2NC=Cn3c(-c4cnn(C)c4)cnc32)sn1. The van der Waals surface area contributed by atoms with Gasteiger partial charge in [0.15, 0.2) is 12.0 Å². The first-order valence-electron chi connectivity index (χ1n) is 7.84. The molecule has 0 fully saturated rings. The molecule has 0 amide bonds. The molecule has 3 aromatic heterocycles. The van der Waals surface area contributed by atoms with Crippen molar-refractivity contribution < 1.29 is 0 Å². The smallest absolute Gasteiger partial charge is 0.157 e. The number of hydrogen-bond donors (Lipinski definition) is 2. The highest BCUT2D eigenvalue weighted by Gasteiger charge is 2.22. The third kappa shape index (κ3) is 2.58. The summed E-state index contributed by atoms with van der Waals surface area (Å²) in [6.07, 6.45) is 9.53. The van der Waals surface area contributed by atoms with E-state index in [1.807, 2.05) is 38.0 Å². The van der Waals surface area contributed by atoms with Crippen molar-refractivity contribution in [3.8, 4) is 11.3 Å². The molecule has 2 N–H and O–H groups in total. The Morgan fingerprint density at radius 1 is 1.33 bits per heavy atom. The summed E-state index contributed by atoms with van der Waals surface area (Å²) in [6.45, 7) is 4.29. The minimum absolute atomic E-state index is 0.0964. The first-order valence-corrected chi connectivity index (χ1v) is 8.61. The van der Waals surface area contributed by atoms with Gasteiger partial charge in [-0.15, -0.1) is 0 Å². The highest BCUT2D eigenvalue weighted by atomic mass is 32.1. The van der Waals surface area contributed by atoms with E-state index in [9.17, 15) is 0 Å². The average Bonchev–Trinajstić information content (AvgIpc) is 3.26. The molecule has 0 spiro atoms. The van der Waals surface area contributed by atoms with Gasteiger partial charge in [0.1, 0.15) is 5.00 Å². The van der Waals surface area contributed by atoms with Gasteiger partial charge < -0.3 is 10.6 Å². The highest BCUT2D eigenvalue weighted by molar-refractivity contribution is 7.10. The van der Waals surface area contributed by atoms with Crippen LogP contribution in [0.25, 0.3) is 17.5 Å². The summed E-state index contributed by atoms with van der Waals surface area (Å²) in [4.78, 5) is 4.60. The largest absolute Gasteiger partial charge is 0.364 e. The Hall–Kier alpha value is -2.61. The van der Waals surface area contributed by atoms with Gasteiger partial charge in [-0.05, 0) is 23.5 Å². The number of aryl methyl sites for hydroxylation is 1. The second kappa shape index (κ2) is 5.79. The second-order valence-corrected chi connectivity index (χ2v) is 6.91. The normalized spacial score (nSPS) is 16.2. The van der Waals surface area contributed by atoms with Crippen LogP contribution in [0.4, 0.5) is 5.00 Å². The van der Waals surface area contributed by atoms with Crippen molar-refractivity contribution in [2.75, 3.05) is 5.32 Å². The molecule has 24 heavy (non-hydrogen) atoms. The molecule has 0 bridgehead atoms. The summed E-state index contributed by atoms with van der Waals surface area (Å²) in [6, 6.07) is 2.10. The number of fused-ring (bicyclic) bond motifs is 1. The van der Waals surface area contributed by atoms with Crippen molar-refractivity contribution in [1.82, 2.24) is 29.0 Å². The van der Waals surface area contributed by atoms with Gasteiger partial charge in [-0.1, -0.05) is 13.8 Å². The fourth-order valence-corrected chi connectivity index (χ4v) is 3.49. The monoisotopic (exact) mass is 341 g/mol. The molecule has 0 radical (unpaired) electrons. The van der Waals surface area contributed by atoms with E-state index in [2.05, 4.69) is 49.6 Å². The van der Waals surface area contributed by atoms with Gasteiger partial charge in [-0.2, -0.15) is 9.47 Å². The molecule has 1 unspecified atom stereocenters. The van der Waals surface area contributed by atoms with E-state index >= 15 is 0 Å². The molecule has 8 heteroatoms. The molecule has 1 aliphatic rings. The van der Waals surface area contributed by atoms with E-state index in [1.54, 1.807) is 4.68 Å². The summed E-state index contributed by atoms with van der Waals surface area (Å²) >= 11 is 1.48. The summed E-state index contributed by atoms with van der Waals surface area (Å²) in [5.41, 5.74) is 3.17. The zero-order chi connectivity index (χ0) is 16.7. The van der Waals surface area contributed by atoms with Crippen LogP contribution in [-0.4, -0.2) is 23.7 Å². The van der Waals surface area contributed by atoms with Crippen molar-refractivity contribution in [2.45, 2.75) is 25.9 Å².